The predicted molar refractivity (Wildman–Crippen MR) is 80.2 cm³/mol. The molecular formula is C16H27FN2O. The van der Waals surface area contributed by atoms with Crippen LogP contribution in [0.1, 0.15) is 58.6 Å². The van der Waals surface area contributed by atoms with Crippen LogP contribution in [0.25, 0.3) is 0 Å². The van der Waals surface area contributed by atoms with Crippen molar-refractivity contribution in [3.8, 4) is 0 Å². The Balaban J connectivity index is 3.14. The van der Waals surface area contributed by atoms with Crippen LogP contribution in [0.15, 0.2) is 18.5 Å². The number of pyridine rings is 1. The largest absolute Gasteiger partial charge is 0.373 e. The summed E-state index contributed by atoms with van der Waals surface area (Å²) in [6.45, 7) is 9.87. The summed E-state index contributed by atoms with van der Waals surface area (Å²) < 4.78 is 19.6. The molecular weight excluding hydrogens is 255 g/mol. The number of hydrogen-bond donors (Lipinski definition) is 1. The molecule has 1 N–H and O–H groups in total. The molecule has 0 bridgehead atoms. The van der Waals surface area contributed by atoms with E-state index >= 15 is 0 Å². The third-order valence-electron chi connectivity index (χ3n) is 3.81. The first-order chi connectivity index (χ1) is 9.63. The van der Waals surface area contributed by atoms with Crippen molar-refractivity contribution >= 4 is 0 Å². The summed E-state index contributed by atoms with van der Waals surface area (Å²) >= 11 is 0. The van der Waals surface area contributed by atoms with Crippen molar-refractivity contribution in [3.05, 3.63) is 29.8 Å². The topological polar surface area (TPSA) is 34.2 Å². The zero-order chi connectivity index (χ0) is 15.0. The lowest BCUT2D eigenvalue weighted by Crippen LogP contribution is -2.46. The normalized spacial score (nSPS) is 13.4. The Hall–Kier alpha value is -1.00. The third kappa shape index (κ3) is 4.00. The molecule has 1 aromatic rings. The molecule has 1 rings (SSSR count). The molecule has 1 aromatic heterocycles. The molecule has 0 aliphatic carbocycles. The van der Waals surface area contributed by atoms with Crippen LogP contribution in [0, 0.1) is 5.82 Å². The van der Waals surface area contributed by atoms with E-state index in [2.05, 4.69) is 31.1 Å². The van der Waals surface area contributed by atoms with Gasteiger partial charge in [-0.3, -0.25) is 4.98 Å². The Kier molecular flexibility index (Phi) is 7.10. The van der Waals surface area contributed by atoms with Gasteiger partial charge in [0.15, 0.2) is 0 Å². The quantitative estimate of drug-likeness (QED) is 0.747. The number of hydrogen-bond acceptors (Lipinski definition) is 3. The third-order valence-corrected chi connectivity index (χ3v) is 3.81. The van der Waals surface area contributed by atoms with Gasteiger partial charge in [-0.05, 0) is 44.4 Å². The van der Waals surface area contributed by atoms with Gasteiger partial charge < -0.3 is 10.1 Å². The zero-order valence-electron chi connectivity index (χ0n) is 13.1. The summed E-state index contributed by atoms with van der Waals surface area (Å²) in [5.74, 6) is -0.302. The molecule has 20 heavy (non-hydrogen) atoms. The fourth-order valence-electron chi connectivity index (χ4n) is 2.72. The lowest BCUT2D eigenvalue weighted by molar-refractivity contribution is -0.0734. The molecule has 0 radical (unpaired) electrons. The van der Waals surface area contributed by atoms with E-state index in [0.717, 1.165) is 31.4 Å². The minimum absolute atomic E-state index is 0.0411. The second-order valence-electron chi connectivity index (χ2n) is 5.03. The standard InChI is InChI=1S/C16H27FN2O/c1-5-9-19-15(13-10-14(17)12-18-11-13)16(6-2,7-3)20-8-4/h10-12,15,19H,5-9H2,1-4H3. The zero-order valence-corrected chi connectivity index (χ0v) is 13.1. The van der Waals surface area contributed by atoms with Crippen molar-refractivity contribution in [2.24, 2.45) is 0 Å². The van der Waals surface area contributed by atoms with Crippen molar-refractivity contribution in [2.75, 3.05) is 13.2 Å². The van der Waals surface area contributed by atoms with Gasteiger partial charge >= 0.3 is 0 Å². The molecule has 3 nitrogen and oxygen atoms in total. The Morgan fingerprint density at radius 2 is 1.95 bits per heavy atom. The summed E-state index contributed by atoms with van der Waals surface area (Å²) in [5, 5.41) is 3.51. The van der Waals surface area contributed by atoms with Crippen molar-refractivity contribution < 1.29 is 9.13 Å². The van der Waals surface area contributed by atoms with Crippen LogP contribution >= 0.6 is 0 Å². The number of aromatic nitrogens is 1. The van der Waals surface area contributed by atoms with Crippen LogP contribution in [0.4, 0.5) is 4.39 Å². The van der Waals surface area contributed by atoms with Crippen LogP contribution in [-0.4, -0.2) is 23.7 Å². The van der Waals surface area contributed by atoms with E-state index in [0.29, 0.717) is 6.61 Å². The van der Waals surface area contributed by atoms with Gasteiger partial charge in [0.1, 0.15) is 5.82 Å². The van der Waals surface area contributed by atoms with Crippen molar-refractivity contribution in [3.63, 3.8) is 0 Å². The lowest BCUT2D eigenvalue weighted by Gasteiger charge is -2.40. The highest BCUT2D eigenvalue weighted by Crippen LogP contribution is 2.35. The molecule has 1 heterocycles. The molecule has 0 saturated heterocycles. The van der Waals surface area contributed by atoms with Gasteiger partial charge in [-0.25, -0.2) is 4.39 Å². The molecule has 0 aromatic carbocycles. The first kappa shape index (κ1) is 17.1. The minimum atomic E-state index is -0.320. The number of halogens is 1. The number of nitrogens with one attached hydrogen (secondary N) is 1. The number of ether oxygens (including phenoxy) is 1. The predicted octanol–water partition coefficient (Wildman–Crippen LogP) is 3.86. The maximum atomic E-state index is 13.5. The summed E-state index contributed by atoms with van der Waals surface area (Å²) in [4.78, 5) is 3.98. The second kappa shape index (κ2) is 8.32. The molecule has 0 fully saturated rings. The molecule has 0 aliphatic rings. The summed E-state index contributed by atoms with van der Waals surface area (Å²) in [7, 11) is 0. The Bertz CT molecular complexity index is 394. The number of rotatable bonds is 9. The molecule has 0 spiro atoms. The van der Waals surface area contributed by atoms with Gasteiger partial charge in [-0.2, -0.15) is 0 Å². The van der Waals surface area contributed by atoms with Crippen LogP contribution in [0.3, 0.4) is 0 Å². The first-order valence-electron chi connectivity index (χ1n) is 7.61. The summed E-state index contributed by atoms with van der Waals surface area (Å²) in [6, 6.07) is 1.51. The van der Waals surface area contributed by atoms with Crippen molar-refractivity contribution in [2.45, 2.75) is 58.6 Å². The van der Waals surface area contributed by atoms with Gasteiger partial charge in [0.2, 0.25) is 0 Å². The van der Waals surface area contributed by atoms with Crippen LogP contribution in [0.5, 0.6) is 0 Å². The second-order valence-corrected chi connectivity index (χ2v) is 5.03. The molecule has 0 aliphatic heterocycles. The molecule has 4 heteroatoms. The highest BCUT2D eigenvalue weighted by atomic mass is 19.1. The minimum Gasteiger partial charge on any atom is -0.373 e. The summed E-state index contributed by atoms with van der Waals surface area (Å²) in [6.07, 6.45) is 5.73. The van der Waals surface area contributed by atoms with Crippen LogP contribution < -0.4 is 5.32 Å². The fraction of sp³-hybridized carbons (Fsp3) is 0.688. The van der Waals surface area contributed by atoms with E-state index in [1.807, 2.05) is 6.92 Å². The van der Waals surface area contributed by atoms with Gasteiger partial charge in [-0.15, -0.1) is 0 Å². The lowest BCUT2D eigenvalue weighted by atomic mass is 9.84. The van der Waals surface area contributed by atoms with Gasteiger partial charge in [-0.1, -0.05) is 20.8 Å². The molecule has 114 valence electrons. The van der Waals surface area contributed by atoms with Gasteiger partial charge in [0, 0.05) is 12.8 Å². The Labute approximate surface area is 121 Å². The highest BCUT2D eigenvalue weighted by molar-refractivity contribution is 5.19. The van der Waals surface area contributed by atoms with E-state index in [9.17, 15) is 4.39 Å². The molecule has 0 amide bonds. The SMILES string of the molecule is CCCNC(c1cncc(F)c1)C(CC)(CC)OCC. The van der Waals surface area contributed by atoms with Crippen molar-refractivity contribution in [1.29, 1.82) is 0 Å². The fourth-order valence-corrected chi connectivity index (χ4v) is 2.72. The Morgan fingerprint density at radius 3 is 2.45 bits per heavy atom. The Morgan fingerprint density at radius 1 is 1.25 bits per heavy atom. The van der Waals surface area contributed by atoms with E-state index in [1.54, 1.807) is 12.3 Å². The monoisotopic (exact) mass is 282 g/mol. The average Bonchev–Trinajstić information content (AvgIpc) is 2.46. The first-order valence-corrected chi connectivity index (χ1v) is 7.61. The van der Waals surface area contributed by atoms with E-state index < -0.39 is 0 Å². The summed E-state index contributed by atoms with van der Waals surface area (Å²) in [5.41, 5.74) is 0.537. The average molecular weight is 282 g/mol. The number of nitrogens with zero attached hydrogens (tertiary/aromatic N) is 1. The van der Waals surface area contributed by atoms with Crippen LogP contribution in [-0.2, 0) is 4.74 Å². The maximum Gasteiger partial charge on any atom is 0.141 e. The smallest absolute Gasteiger partial charge is 0.141 e. The maximum absolute atomic E-state index is 13.5. The molecule has 1 atom stereocenters. The van der Waals surface area contributed by atoms with Gasteiger partial charge in [0.05, 0.1) is 17.8 Å². The van der Waals surface area contributed by atoms with Gasteiger partial charge in [0.25, 0.3) is 0 Å². The van der Waals surface area contributed by atoms with Crippen molar-refractivity contribution in [1.82, 2.24) is 10.3 Å². The molecule has 1 unspecified atom stereocenters. The molecule has 0 saturated carbocycles. The van der Waals surface area contributed by atoms with E-state index in [1.165, 1.54) is 6.20 Å². The highest BCUT2D eigenvalue weighted by Gasteiger charge is 2.37. The van der Waals surface area contributed by atoms with E-state index in [4.69, 9.17) is 4.74 Å². The van der Waals surface area contributed by atoms with E-state index in [-0.39, 0.29) is 17.5 Å². The van der Waals surface area contributed by atoms with Crippen LogP contribution in [0.2, 0.25) is 0 Å².